The summed E-state index contributed by atoms with van der Waals surface area (Å²) >= 11 is 7.54. The van der Waals surface area contributed by atoms with Gasteiger partial charge >= 0.3 is 10.2 Å². The van der Waals surface area contributed by atoms with E-state index in [1.807, 2.05) is 0 Å². The molecule has 1 aliphatic heterocycles. The van der Waals surface area contributed by atoms with Crippen LogP contribution in [0.15, 0.2) is 72.8 Å². The van der Waals surface area contributed by atoms with Gasteiger partial charge in [-0.25, -0.2) is 8.78 Å². The Hall–Kier alpha value is -2.13. The average molecular weight is 495 g/mol. The van der Waals surface area contributed by atoms with E-state index in [4.69, 9.17) is 11.6 Å². The zero-order valence-electron chi connectivity index (χ0n) is 16.9. The van der Waals surface area contributed by atoms with E-state index in [2.05, 4.69) is 4.72 Å². The Morgan fingerprint density at radius 3 is 1.97 bits per heavy atom. The van der Waals surface area contributed by atoms with Gasteiger partial charge in [0.1, 0.15) is 11.6 Å². The molecule has 1 fully saturated rings. The van der Waals surface area contributed by atoms with Crippen LogP contribution in [0.3, 0.4) is 0 Å². The molecule has 0 saturated carbocycles. The first kappa shape index (κ1) is 23.0. The lowest BCUT2D eigenvalue weighted by molar-refractivity contribution is 0.413. The molecule has 1 unspecified atom stereocenters. The number of hydrogen-bond acceptors (Lipinski definition) is 3. The Morgan fingerprint density at radius 2 is 1.44 bits per heavy atom. The normalized spacial score (nSPS) is 17.4. The van der Waals surface area contributed by atoms with Gasteiger partial charge in [-0.15, -0.1) is 0 Å². The topological polar surface area (TPSA) is 49.4 Å². The van der Waals surface area contributed by atoms with Gasteiger partial charge in [0.05, 0.1) is 0 Å². The van der Waals surface area contributed by atoms with Crippen LogP contribution < -0.4 is 4.72 Å². The van der Waals surface area contributed by atoms with Gasteiger partial charge in [-0.05, 0) is 59.7 Å². The van der Waals surface area contributed by atoms with Crippen molar-refractivity contribution in [2.24, 2.45) is 0 Å². The molecule has 0 radical (unpaired) electrons. The third-order valence-electron chi connectivity index (χ3n) is 5.32. The largest absolute Gasteiger partial charge is 0.301 e. The van der Waals surface area contributed by atoms with Gasteiger partial charge in [-0.2, -0.15) is 24.5 Å². The molecular formula is C23H21ClF2N2O2S2. The number of thioether (sulfide) groups is 1. The minimum atomic E-state index is -3.79. The molecule has 0 amide bonds. The highest BCUT2D eigenvalue weighted by Gasteiger charge is 2.35. The van der Waals surface area contributed by atoms with Gasteiger partial charge in [0.15, 0.2) is 0 Å². The third-order valence-corrected chi connectivity index (χ3v) is 8.34. The minimum Gasteiger partial charge on any atom is -0.271 e. The number of hydrogen-bond donors (Lipinski definition) is 1. The summed E-state index contributed by atoms with van der Waals surface area (Å²) in [6.45, 7) is 0.622. The second-order valence-electron chi connectivity index (χ2n) is 7.46. The highest BCUT2D eigenvalue weighted by atomic mass is 35.5. The SMILES string of the molecule is O=S(=O)(Nc1ccc(Cl)cc1)N1CCSC(C(c2ccc(F)cc2)c2ccc(F)cc2)C1. The van der Waals surface area contributed by atoms with Gasteiger partial charge in [-0.1, -0.05) is 35.9 Å². The maximum atomic E-state index is 13.5. The molecule has 3 aromatic carbocycles. The number of nitrogens with zero attached hydrogens (tertiary/aromatic N) is 1. The first-order valence-electron chi connectivity index (χ1n) is 9.98. The molecule has 1 atom stereocenters. The molecule has 1 N–H and O–H groups in total. The van der Waals surface area contributed by atoms with Gasteiger partial charge in [-0.3, -0.25) is 4.72 Å². The summed E-state index contributed by atoms with van der Waals surface area (Å²) < 4.78 is 57.2. The number of benzene rings is 3. The fourth-order valence-electron chi connectivity index (χ4n) is 3.76. The molecule has 4 nitrogen and oxygen atoms in total. The Bertz CT molecular complexity index is 1110. The van der Waals surface area contributed by atoms with Gasteiger partial charge in [0.25, 0.3) is 0 Å². The molecule has 1 saturated heterocycles. The summed E-state index contributed by atoms with van der Waals surface area (Å²) in [5.74, 6) is -0.321. The van der Waals surface area contributed by atoms with E-state index in [-0.39, 0.29) is 29.3 Å². The first-order chi connectivity index (χ1) is 15.3. The number of nitrogens with one attached hydrogen (secondary N) is 1. The van der Waals surface area contributed by atoms with Crippen molar-refractivity contribution in [3.63, 3.8) is 0 Å². The molecule has 1 aliphatic rings. The van der Waals surface area contributed by atoms with E-state index in [9.17, 15) is 17.2 Å². The molecule has 168 valence electrons. The molecule has 3 aromatic rings. The summed E-state index contributed by atoms with van der Waals surface area (Å²) in [5, 5.41) is 0.380. The Labute approximate surface area is 195 Å². The van der Waals surface area contributed by atoms with E-state index in [0.717, 1.165) is 11.1 Å². The third kappa shape index (κ3) is 5.43. The van der Waals surface area contributed by atoms with Crippen LogP contribution in [-0.4, -0.2) is 36.8 Å². The highest BCUT2D eigenvalue weighted by Crippen LogP contribution is 2.38. The number of anilines is 1. The van der Waals surface area contributed by atoms with Crippen molar-refractivity contribution in [2.75, 3.05) is 23.6 Å². The molecule has 1 heterocycles. The Balaban J connectivity index is 1.61. The van der Waals surface area contributed by atoms with Crippen molar-refractivity contribution < 1.29 is 17.2 Å². The van der Waals surface area contributed by atoms with Crippen LogP contribution >= 0.6 is 23.4 Å². The van der Waals surface area contributed by atoms with E-state index in [1.54, 1.807) is 60.3 Å². The quantitative estimate of drug-likeness (QED) is 0.490. The van der Waals surface area contributed by atoms with Gasteiger partial charge in [0.2, 0.25) is 0 Å². The summed E-state index contributed by atoms with van der Waals surface area (Å²) in [4.78, 5) is 0. The van der Waals surface area contributed by atoms with Crippen LogP contribution in [0.2, 0.25) is 5.02 Å². The summed E-state index contributed by atoms with van der Waals surface area (Å²) in [6, 6.07) is 18.8. The molecule has 0 spiro atoms. The Morgan fingerprint density at radius 1 is 0.906 bits per heavy atom. The molecule has 9 heteroatoms. The molecule has 32 heavy (non-hydrogen) atoms. The van der Waals surface area contributed by atoms with Crippen LogP contribution in [0.25, 0.3) is 0 Å². The van der Waals surface area contributed by atoms with E-state index >= 15 is 0 Å². The summed E-state index contributed by atoms with van der Waals surface area (Å²) in [6.07, 6.45) is 0. The fraction of sp³-hybridized carbons (Fsp3) is 0.217. The van der Waals surface area contributed by atoms with E-state index < -0.39 is 10.2 Å². The van der Waals surface area contributed by atoms with Gasteiger partial charge in [0, 0.05) is 40.7 Å². The lowest BCUT2D eigenvalue weighted by Crippen LogP contribution is -2.46. The standard InChI is InChI=1S/C23H21ClF2N2O2S2/c24-18-5-11-21(12-6-18)27-32(29,30)28-13-14-31-22(15-28)23(16-1-7-19(25)8-2-16)17-3-9-20(26)10-4-17/h1-12,22-23,27H,13-15H2. The van der Waals surface area contributed by atoms with Gasteiger partial charge < -0.3 is 0 Å². The summed E-state index contributed by atoms with van der Waals surface area (Å²) in [5.41, 5.74) is 2.12. The monoisotopic (exact) mass is 494 g/mol. The van der Waals surface area contributed by atoms with Crippen molar-refractivity contribution in [3.05, 3.63) is 101 Å². The predicted octanol–water partition coefficient (Wildman–Crippen LogP) is 5.52. The second kappa shape index (κ2) is 9.79. The van der Waals surface area contributed by atoms with Crippen molar-refractivity contribution in [1.82, 2.24) is 4.31 Å². The average Bonchev–Trinajstić information content (AvgIpc) is 2.78. The molecule has 0 aliphatic carbocycles. The number of halogens is 3. The van der Waals surface area contributed by atoms with Crippen LogP contribution in [-0.2, 0) is 10.2 Å². The smallest absolute Gasteiger partial charge is 0.271 e. The van der Waals surface area contributed by atoms with Crippen molar-refractivity contribution in [1.29, 1.82) is 0 Å². The molecule has 0 aromatic heterocycles. The van der Waals surface area contributed by atoms with Crippen LogP contribution in [0.4, 0.5) is 14.5 Å². The number of rotatable bonds is 6. The predicted molar refractivity (Wildman–Crippen MR) is 126 cm³/mol. The lowest BCUT2D eigenvalue weighted by Gasteiger charge is -2.36. The molecule has 0 bridgehead atoms. The first-order valence-corrected chi connectivity index (χ1v) is 12.8. The van der Waals surface area contributed by atoms with Crippen LogP contribution in [0, 0.1) is 11.6 Å². The second-order valence-corrected chi connectivity index (χ2v) is 10.9. The maximum Gasteiger partial charge on any atom is 0.301 e. The lowest BCUT2D eigenvalue weighted by atomic mass is 9.88. The maximum absolute atomic E-state index is 13.5. The minimum absolute atomic E-state index is 0.138. The Kier molecular flexibility index (Phi) is 7.05. The molecular weight excluding hydrogens is 474 g/mol. The fourth-order valence-corrected chi connectivity index (χ4v) is 6.77. The summed E-state index contributed by atoms with van der Waals surface area (Å²) in [7, 11) is -3.79. The van der Waals surface area contributed by atoms with Crippen LogP contribution in [0.5, 0.6) is 0 Å². The van der Waals surface area contributed by atoms with Crippen molar-refractivity contribution in [3.8, 4) is 0 Å². The highest BCUT2D eigenvalue weighted by molar-refractivity contribution is 8.00. The van der Waals surface area contributed by atoms with E-state index in [1.165, 1.54) is 28.6 Å². The zero-order chi connectivity index (χ0) is 22.7. The van der Waals surface area contributed by atoms with Crippen molar-refractivity contribution in [2.45, 2.75) is 11.2 Å². The van der Waals surface area contributed by atoms with E-state index in [0.29, 0.717) is 23.0 Å². The van der Waals surface area contributed by atoms with Crippen molar-refractivity contribution >= 4 is 39.3 Å². The molecule has 4 rings (SSSR count). The van der Waals surface area contributed by atoms with Crippen LogP contribution in [0.1, 0.15) is 17.0 Å². The zero-order valence-corrected chi connectivity index (χ0v) is 19.3.